The summed E-state index contributed by atoms with van der Waals surface area (Å²) in [5.41, 5.74) is 8.28. The van der Waals surface area contributed by atoms with Gasteiger partial charge in [-0.2, -0.15) is 0 Å². The fraction of sp³-hybridized carbons (Fsp3) is 0.600. The molecule has 1 aromatic rings. The second kappa shape index (κ2) is 6.18. The van der Waals surface area contributed by atoms with Gasteiger partial charge in [0.05, 0.1) is 0 Å². The van der Waals surface area contributed by atoms with Gasteiger partial charge in [-0.05, 0) is 36.9 Å². The van der Waals surface area contributed by atoms with Crippen LogP contribution in [0.4, 0.5) is 0 Å². The second-order valence-corrected chi connectivity index (χ2v) is 5.37. The highest BCUT2D eigenvalue weighted by atomic mass is 15.1. The number of hydrogen-bond donors (Lipinski definition) is 1. The molecule has 0 heterocycles. The number of hydrogen-bond acceptors (Lipinski definition) is 2. The lowest BCUT2D eigenvalue weighted by atomic mass is 10.1. The van der Waals surface area contributed by atoms with E-state index in [-0.39, 0.29) is 0 Å². The fourth-order valence-electron chi connectivity index (χ4n) is 2.86. The standard InChI is InChI=1S/C15H24N2/c1-17(11-13-5-2-3-6-13)12-15-8-4-7-14(9-15)10-16/h4,7-9,13H,2-3,5-6,10-12,16H2,1H3. The van der Waals surface area contributed by atoms with E-state index in [9.17, 15) is 0 Å². The largest absolute Gasteiger partial charge is 0.326 e. The van der Waals surface area contributed by atoms with Gasteiger partial charge in [-0.3, -0.25) is 0 Å². The van der Waals surface area contributed by atoms with Crippen molar-refractivity contribution in [3.8, 4) is 0 Å². The van der Waals surface area contributed by atoms with Crippen molar-refractivity contribution in [3.05, 3.63) is 35.4 Å². The van der Waals surface area contributed by atoms with Gasteiger partial charge >= 0.3 is 0 Å². The zero-order chi connectivity index (χ0) is 12.1. The normalized spacial score (nSPS) is 16.9. The Morgan fingerprint density at radius 1 is 1.24 bits per heavy atom. The van der Waals surface area contributed by atoms with E-state index in [4.69, 9.17) is 5.73 Å². The van der Waals surface area contributed by atoms with Gasteiger partial charge in [-0.1, -0.05) is 37.1 Å². The van der Waals surface area contributed by atoms with Gasteiger partial charge in [0.1, 0.15) is 0 Å². The fourth-order valence-corrected chi connectivity index (χ4v) is 2.86. The maximum Gasteiger partial charge on any atom is 0.0230 e. The molecule has 1 aromatic carbocycles. The molecule has 1 aliphatic carbocycles. The first kappa shape index (κ1) is 12.6. The summed E-state index contributed by atoms with van der Waals surface area (Å²) in [6.45, 7) is 2.93. The maximum atomic E-state index is 5.67. The molecule has 2 nitrogen and oxygen atoms in total. The van der Waals surface area contributed by atoms with Crippen LogP contribution >= 0.6 is 0 Å². The molecular formula is C15H24N2. The van der Waals surface area contributed by atoms with Crippen molar-refractivity contribution in [2.45, 2.75) is 38.8 Å². The third-order valence-corrected chi connectivity index (χ3v) is 3.72. The Hall–Kier alpha value is -0.860. The zero-order valence-electron chi connectivity index (χ0n) is 10.9. The van der Waals surface area contributed by atoms with E-state index in [1.165, 1.54) is 43.4 Å². The van der Waals surface area contributed by atoms with Crippen LogP contribution < -0.4 is 5.73 Å². The van der Waals surface area contributed by atoms with Gasteiger partial charge in [0, 0.05) is 19.6 Å². The van der Waals surface area contributed by atoms with E-state index in [1.807, 2.05) is 0 Å². The lowest BCUT2D eigenvalue weighted by Crippen LogP contribution is -2.24. The van der Waals surface area contributed by atoms with Crippen LogP contribution in [0.15, 0.2) is 24.3 Å². The van der Waals surface area contributed by atoms with Gasteiger partial charge in [-0.15, -0.1) is 0 Å². The summed E-state index contributed by atoms with van der Waals surface area (Å²) >= 11 is 0. The number of benzene rings is 1. The molecule has 0 spiro atoms. The summed E-state index contributed by atoms with van der Waals surface area (Å²) in [5, 5.41) is 0. The summed E-state index contributed by atoms with van der Waals surface area (Å²) in [6.07, 6.45) is 5.71. The molecule has 0 saturated heterocycles. The summed E-state index contributed by atoms with van der Waals surface area (Å²) in [5.74, 6) is 0.928. The average molecular weight is 232 g/mol. The summed E-state index contributed by atoms with van der Waals surface area (Å²) in [4.78, 5) is 2.45. The third kappa shape index (κ3) is 3.83. The van der Waals surface area contributed by atoms with Gasteiger partial charge < -0.3 is 10.6 Å². The van der Waals surface area contributed by atoms with Crippen LogP contribution in [0.3, 0.4) is 0 Å². The topological polar surface area (TPSA) is 29.3 Å². The number of nitrogens with two attached hydrogens (primary N) is 1. The van der Waals surface area contributed by atoms with Crippen LogP contribution in [0, 0.1) is 5.92 Å². The Bertz CT molecular complexity index is 343. The highest BCUT2D eigenvalue weighted by Crippen LogP contribution is 2.25. The van der Waals surface area contributed by atoms with E-state index in [0.717, 1.165) is 12.5 Å². The summed E-state index contributed by atoms with van der Waals surface area (Å²) in [7, 11) is 2.23. The molecule has 1 fully saturated rings. The predicted molar refractivity (Wildman–Crippen MR) is 72.6 cm³/mol. The SMILES string of the molecule is CN(Cc1cccc(CN)c1)CC1CCCC1. The third-order valence-electron chi connectivity index (χ3n) is 3.72. The van der Waals surface area contributed by atoms with Crippen LogP contribution in [-0.4, -0.2) is 18.5 Å². The molecule has 94 valence electrons. The van der Waals surface area contributed by atoms with Gasteiger partial charge in [0.25, 0.3) is 0 Å². The first-order chi connectivity index (χ1) is 8.28. The maximum absolute atomic E-state index is 5.67. The van der Waals surface area contributed by atoms with Crippen LogP contribution in [0.1, 0.15) is 36.8 Å². The first-order valence-corrected chi connectivity index (χ1v) is 6.74. The van der Waals surface area contributed by atoms with Crippen molar-refractivity contribution in [1.29, 1.82) is 0 Å². The molecule has 2 rings (SSSR count). The molecular weight excluding hydrogens is 208 g/mol. The molecule has 0 bridgehead atoms. The molecule has 17 heavy (non-hydrogen) atoms. The van der Waals surface area contributed by atoms with E-state index < -0.39 is 0 Å². The Balaban J connectivity index is 1.85. The highest BCUT2D eigenvalue weighted by Gasteiger charge is 2.16. The summed E-state index contributed by atoms with van der Waals surface area (Å²) < 4.78 is 0. The van der Waals surface area contributed by atoms with E-state index in [1.54, 1.807) is 0 Å². The van der Waals surface area contributed by atoms with E-state index >= 15 is 0 Å². The molecule has 0 radical (unpaired) electrons. The second-order valence-electron chi connectivity index (χ2n) is 5.37. The lowest BCUT2D eigenvalue weighted by Gasteiger charge is -2.21. The summed E-state index contributed by atoms with van der Waals surface area (Å²) in [6, 6.07) is 8.64. The van der Waals surface area contributed by atoms with Gasteiger partial charge in [0.2, 0.25) is 0 Å². The lowest BCUT2D eigenvalue weighted by molar-refractivity contribution is 0.271. The van der Waals surface area contributed by atoms with Gasteiger partial charge in [-0.25, -0.2) is 0 Å². The zero-order valence-corrected chi connectivity index (χ0v) is 10.9. The molecule has 2 heteroatoms. The first-order valence-electron chi connectivity index (χ1n) is 6.74. The molecule has 0 unspecified atom stereocenters. The van der Waals surface area contributed by atoms with Crippen LogP contribution in [0.25, 0.3) is 0 Å². The number of rotatable bonds is 5. The van der Waals surface area contributed by atoms with Crippen LogP contribution in [0.5, 0.6) is 0 Å². The van der Waals surface area contributed by atoms with Crippen molar-refractivity contribution in [3.63, 3.8) is 0 Å². The van der Waals surface area contributed by atoms with Crippen molar-refractivity contribution in [2.24, 2.45) is 11.7 Å². The smallest absolute Gasteiger partial charge is 0.0230 e. The van der Waals surface area contributed by atoms with Crippen molar-refractivity contribution in [2.75, 3.05) is 13.6 Å². The van der Waals surface area contributed by atoms with E-state index in [2.05, 4.69) is 36.2 Å². The van der Waals surface area contributed by atoms with E-state index in [0.29, 0.717) is 6.54 Å². The molecule has 0 amide bonds. The monoisotopic (exact) mass is 232 g/mol. The highest BCUT2D eigenvalue weighted by molar-refractivity contribution is 5.23. The average Bonchev–Trinajstić information content (AvgIpc) is 2.82. The molecule has 0 atom stereocenters. The minimum Gasteiger partial charge on any atom is -0.326 e. The Morgan fingerprint density at radius 3 is 2.65 bits per heavy atom. The molecule has 2 N–H and O–H groups in total. The van der Waals surface area contributed by atoms with Crippen molar-refractivity contribution >= 4 is 0 Å². The predicted octanol–water partition coefficient (Wildman–Crippen LogP) is 2.77. The van der Waals surface area contributed by atoms with Gasteiger partial charge in [0.15, 0.2) is 0 Å². The Labute approximate surface area is 105 Å². The molecule has 0 aliphatic heterocycles. The Kier molecular flexibility index (Phi) is 4.57. The molecule has 1 saturated carbocycles. The number of nitrogens with zero attached hydrogens (tertiary/aromatic N) is 1. The quantitative estimate of drug-likeness (QED) is 0.846. The minimum absolute atomic E-state index is 0.639. The van der Waals surface area contributed by atoms with Crippen molar-refractivity contribution in [1.82, 2.24) is 4.90 Å². The minimum atomic E-state index is 0.639. The Morgan fingerprint density at radius 2 is 1.94 bits per heavy atom. The molecule has 0 aromatic heterocycles. The van der Waals surface area contributed by atoms with Crippen molar-refractivity contribution < 1.29 is 0 Å². The molecule has 1 aliphatic rings. The van der Waals surface area contributed by atoms with Crippen LogP contribution in [0.2, 0.25) is 0 Å². The van der Waals surface area contributed by atoms with Crippen LogP contribution in [-0.2, 0) is 13.1 Å².